The summed E-state index contributed by atoms with van der Waals surface area (Å²) in [5, 5.41) is 4.79. The van der Waals surface area contributed by atoms with Gasteiger partial charge in [-0.1, -0.05) is 12.1 Å². The van der Waals surface area contributed by atoms with Crippen molar-refractivity contribution in [3.05, 3.63) is 40.6 Å². The lowest BCUT2D eigenvalue weighted by Gasteiger charge is -2.23. The van der Waals surface area contributed by atoms with Crippen LogP contribution < -0.4 is 5.32 Å². The van der Waals surface area contributed by atoms with E-state index in [1.807, 2.05) is 17.5 Å². The zero-order valence-electron chi connectivity index (χ0n) is 13.7. The van der Waals surface area contributed by atoms with Crippen molar-refractivity contribution in [3.63, 3.8) is 0 Å². The summed E-state index contributed by atoms with van der Waals surface area (Å²) in [4.78, 5) is 13.7. The van der Waals surface area contributed by atoms with E-state index in [4.69, 9.17) is 0 Å². The first kappa shape index (κ1) is 17.5. The molecule has 0 aliphatic carbocycles. The number of sulfonamides is 1. The lowest BCUT2D eigenvalue weighted by Crippen LogP contribution is -2.45. The van der Waals surface area contributed by atoms with E-state index in [9.17, 15) is 13.2 Å². The minimum absolute atomic E-state index is 0.113. The van der Waals surface area contributed by atoms with Crippen molar-refractivity contribution in [3.8, 4) is 0 Å². The summed E-state index contributed by atoms with van der Waals surface area (Å²) in [6.07, 6.45) is 1.17. The average molecular weight is 409 g/mol. The number of nitrogens with zero attached hydrogens (tertiary/aromatic N) is 3. The van der Waals surface area contributed by atoms with Gasteiger partial charge < -0.3 is 5.32 Å². The first-order chi connectivity index (χ1) is 12.6. The van der Waals surface area contributed by atoms with E-state index in [2.05, 4.69) is 14.1 Å². The van der Waals surface area contributed by atoms with Crippen molar-refractivity contribution in [2.45, 2.75) is 30.3 Å². The predicted octanol–water partition coefficient (Wildman–Crippen LogP) is 2.22. The second-order valence-corrected chi connectivity index (χ2v) is 9.38. The lowest BCUT2D eigenvalue weighted by molar-refractivity contribution is -0.124. The molecule has 26 heavy (non-hydrogen) atoms. The summed E-state index contributed by atoms with van der Waals surface area (Å²) in [6, 6.07) is 8.07. The van der Waals surface area contributed by atoms with Gasteiger partial charge in [0, 0.05) is 11.4 Å². The second kappa shape index (κ2) is 7.03. The van der Waals surface area contributed by atoms with Crippen LogP contribution in [0, 0.1) is 0 Å². The van der Waals surface area contributed by atoms with Crippen LogP contribution in [0.25, 0.3) is 11.0 Å². The quantitative estimate of drug-likeness (QED) is 0.699. The molecule has 3 aromatic rings. The Morgan fingerprint density at radius 1 is 1.27 bits per heavy atom. The summed E-state index contributed by atoms with van der Waals surface area (Å²) in [5.74, 6) is -0.261. The van der Waals surface area contributed by atoms with Crippen LogP contribution >= 0.6 is 23.1 Å². The number of hydrogen-bond donors (Lipinski definition) is 1. The molecule has 1 aliphatic rings. The maximum atomic E-state index is 13.2. The van der Waals surface area contributed by atoms with Gasteiger partial charge >= 0.3 is 0 Å². The number of nitrogens with one attached hydrogen (secondary N) is 1. The van der Waals surface area contributed by atoms with Crippen molar-refractivity contribution >= 4 is 50.0 Å². The van der Waals surface area contributed by atoms with E-state index in [0.29, 0.717) is 37.0 Å². The topological polar surface area (TPSA) is 92.3 Å². The second-order valence-electron chi connectivity index (χ2n) is 5.96. The Morgan fingerprint density at radius 2 is 2.15 bits per heavy atom. The number of benzene rings is 1. The van der Waals surface area contributed by atoms with E-state index in [-0.39, 0.29) is 10.8 Å². The third-order valence-electron chi connectivity index (χ3n) is 4.36. The molecule has 4 rings (SSSR count). The highest BCUT2D eigenvalue weighted by Crippen LogP contribution is 2.30. The Morgan fingerprint density at radius 3 is 2.96 bits per heavy atom. The number of hydrogen-bond acceptors (Lipinski definition) is 7. The fourth-order valence-electron chi connectivity index (χ4n) is 3.11. The summed E-state index contributed by atoms with van der Waals surface area (Å²) >= 11 is 2.53. The van der Waals surface area contributed by atoms with Crippen molar-refractivity contribution in [1.82, 2.24) is 18.4 Å². The fraction of sp³-hybridized carbons (Fsp3) is 0.312. The molecule has 0 saturated carbocycles. The van der Waals surface area contributed by atoms with E-state index in [1.165, 1.54) is 10.4 Å². The molecule has 1 atom stereocenters. The molecule has 3 heterocycles. The molecule has 136 valence electrons. The molecule has 1 aromatic carbocycles. The number of carbonyl (C=O) groups excluding carboxylic acids is 1. The van der Waals surface area contributed by atoms with E-state index < -0.39 is 16.1 Å². The van der Waals surface area contributed by atoms with Gasteiger partial charge in [-0.3, -0.25) is 4.79 Å². The summed E-state index contributed by atoms with van der Waals surface area (Å²) in [6.45, 7) is 0.736. The molecular formula is C16H16N4O3S3. The van der Waals surface area contributed by atoms with Gasteiger partial charge in [-0.25, -0.2) is 8.42 Å². The largest absolute Gasteiger partial charge is 0.350 e. The molecule has 1 saturated heterocycles. The van der Waals surface area contributed by atoms with E-state index >= 15 is 0 Å². The van der Waals surface area contributed by atoms with Crippen molar-refractivity contribution < 1.29 is 13.2 Å². The highest BCUT2D eigenvalue weighted by atomic mass is 32.2. The highest BCUT2D eigenvalue weighted by Gasteiger charge is 2.40. The Bertz CT molecular complexity index is 1030. The van der Waals surface area contributed by atoms with Crippen LogP contribution in [0.5, 0.6) is 0 Å². The Labute approximate surface area is 159 Å². The number of aromatic nitrogens is 2. The summed E-state index contributed by atoms with van der Waals surface area (Å²) in [5.41, 5.74) is 0.913. The zero-order valence-corrected chi connectivity index (χ0v) is 16.1. The average Bonchev–Trinajstić information content (AvgIpc) is 3.40. The summed E-state index contributed by atoms with van der Waals surface area (Å²) < 4.78 is 35.9. The SMILES string of the molecule is O=C(NCc1cccs1)[C@@H]1CCCN1S(=O)(=O)c1cccc2nsnc12. The van der Waals surface area contributed by atoms with Crippen LogP contribution in [0.1, 0.15) is 17.7 Å². The van der Waals surface area contributed by atoms with Crippen LogP contribution in [0.4, 0.5) is 0 Å². The Hall–Kier alpha value is -1.88. The highest BCUT2D eigenvalue weighted by molar-refractivity contribution is 7.89. The zero-order chi connectivity index (χ0) is 18.1. The molecule has 0 radical (unpaired) electrons. The van der Waals surface area contributed by atoms with Gasteiger partial charge in [-0.15, -0.1) is 11.3 Å². The van der Waals surface area contributed by atoms with Crippen LogP contribution in [0.2, 0.25) is 0 Å². The third kappa shape index (κ3) is 3.13. The van der Waals surface area contributed by atoms with E-state index in [0.717, 1.165) is 16.6 Å². The molecular weight excluding hydrogens is 392 g/mol. The van der Waals surface area contributed by atoms with Gasteiger partial charge in [0.1, 0.15) is 22.0 Å². The van der Waals surface area contributed by atoms with Gasteiger partial charge in [-0.2, -0.15) is 13.1 Å². The molecule has 0 bridgehead atoms. The van der Waals surface area contributed by atoms with Gasteiger partial charge in [-0.05, 0) is 36.4 Å². The van der Waals surface area contributed by atoms with Gasteiger partial charge in [0.25, 0.3) is 0 Å². The van der Waals surface area contributed by atoms with Crippen molar-refractivity contribution in [1.29, 1.82) is 0 Å². The van der Waals surface area contributed by atoms with Gasteiger partial charge in [0.05, 0.1) is 18.3 Å². The Balaban J connectivity index is 1.59. The molecule has 0 unspecified atom stereocenters. The first-order valence-corrected chi connectivity index (χ1v) is 11.2. The van der Waals surface area contributed by atoms with Crippen LogP contribution in [0.3, 0.4) is 0 Å². The molecule has 1 aliphatic heterocycles. The monoisotopic (exact) mass is 408 g/mol. The normalized spacial score (nSPS) is 18.4. The van der Waals surface area contributed by atoms with E-state index in [1.54, 1.807) is 23.5 Å². The molecule has 2 aromatic heterocycles. The predicted molar refractivity (Wildman–Crippen MR) is 100 cm³/mol. The maximum absolute atomic E-state index is 13.2. The van der Waals surface area contributed by atoms with Crippen molar-refractivity contribution in [2.24, 2.45) is 0 Å². The van der Waals surface area contributed by atoms with Gasteiger partial charge in [0.15, 0.2) is 0 Å². The van der Waals surface area contributed by atoms with Crippen LogP contribution in [-0.2, 0) is 21.4 Å². The smallest absolute Gasteiger partial charge is 0.246 e. The maximum Gasteiger partial charge on any atom is 0.246 e. The van der Waals surface area contributed by atoms with Crippen molar-refractivity contribution in [2.75, 3.05) is 6.54 Å². The number of fused-ring (bicyclic) bond motifs is 1. The minimum atomic E-state index is -3.82. The number of thiophene rings is 1. The first-order valence-electron chi connectivity index (χ1n) is 8.10. The molecule has 1 amide bonds. The lowest BCUT2D eigenvalue weighted by atomic mass is 10.2. The fourth-order valence-corrected chi connectivity index (χ4v) is 6.17. The third-order valence-corrected chi connectivity index (χ3v) is 7.72. The molecule has 7 nitrogen and oxygen atoms in total. The van der Waals surface area contributed by atoms with Crippen LogP contribution in [0.15, 0.2) is 40.6 Å². The standard InChI is InChI=1S/C16H16N4O3S3/c21-16(17-10-11-4-3-9-24-11)13-6-2-8-20(13)26(22,23)14-7-1-5-12-15(14)19-25-18-12/h1,3-5,7,9,13H,2,6,8,10H2,(H,17,21)/t13-/m0/s1. The van der Waals surface area contributed by atoms with Crippen LogP contribution in [-0.4, -0.2) is 40.0 Å². The molecule has 1 N–H and O–H groups in total. The Kier molecular flexibility index (Phi) is 4.74. The molecule has 10 heteroatoms. The minimum Gasteiger partial charge on any atom is -0.350 e. The number of carbonyl (C=O) groups is 1. The molecule has 0 spiro atoms. The molecule has 1 fully saturated rings. The van der Waals surface area contributed by atoms with Gasteiger partial charge in [0.2, 0.25) is 15.9 Å². The number of rotatable bonds is 5. The summed E-state index contributed by atoms with van der Waals surface area (Å²) in [7, 11) is -3.82. The number of amides is 1.